The largest absolute Gasteiger partial charge is 0.477 e. The average molecular weight is 270 g/mol. The van der Waals surface area contributed by atoms with Crippen molar-refractivity contribution in [3.63, 3.8) is 0 Å². The Balaban J connectivity index is 2.25. The van der Waals surface area contributed by atoms with E-state index in [1.54, 1.807) is 12.1 Å². The van der Waals surface area contributed by atoms with Crippen molar-refractivity contribution >= 4 is 17.6 Å². The fraction of sp³-hybridized carbons (Fsp3) is 0.133. The molecule has 0 saturated heterocycles. The first-order chi connectivity index (χ1) is 9.47. The zero-order valence-corrected chi connectivity index (χ0v) is 11.2. The van der Waals surface area contributed by atoms with Crippen LogP contribution in [0.5, 0.6) is 0 Å². The first-order valence-corrected chi connectivity index (χ1v) is 6.05. The summed E-state index contributed by atoms with van der Waals surface area (Å²) in [6.07, 6.45) is 1.35. The van der Waals surface area contributed by atoms with Crippen LogP contribution >= 0.6 is 0 Å². The van der Waals surface area contributed by atoms with Crippen LogP contribution in [0.2, 0.25) is 0 Å². The van der Waals surface area contributed by atoms with E-state index in [2.05, 4.69) is 10.3 Å². The maximum absolute atomic E-state index is 12.2. The van der Waals surface area contributed by atoms with Gasteiger partial charge in [0.05, 0.1) is 0 Å². The van der Waals surface area contributed by atoms with Gasteiger partial charge < -0.3 is 10.4 Å². The summed E-state index contributed by atoms with van der Waals surface area (Å²) in [6, 6.07) is 8.48. The van der Waals surface area contributed by atoms with Gasteiger partial charge in [-0.3, -0.25) is 4.79 Å². The van der Waals surface area contributed by atoms with Crippen LogP contribution in [0.4, 0.5) is 5.69 Å². The van der Waals surface area contributed by atoms with Gasteiger partial charge in [-0.15, -0.1) is 0 Å². The van der Waals surface area contributed by atoms with E-state index in [1.165, 1.54) is 12.3 Å². The van der Waals surface area contributed by atoms with Gasteiger partial charge in [-0.05, 0) is 37.6 Å². The second-order valence-electron chi connectivity index (χ2n) is 4.51. The highest BCUT2D eigenvalue weighted by Crippen LogP contribution is 2.14. The van der Waals surface area contributed by atoms with Crippen LogP contribution in [-0.2, 0) is 0 Å². The van der Waals surface area contributed by atoms with Crippen molar-refractivity contribution in [2.24, 2.45) is 0 Å². The number of benzene rings is 1. The molecule has 2 N–H and O–H groups in total. The van der Waals surface area contributed by atoms with Crippen molar-refractivity contribution in [1.29, 1.82) is 0 Å². The SMILES string of the molecule is Cc1ccc(C)c(C(=O)Nc2ccnc(C(=O)O)c2)c1. The smallest absolute Gasteiger partial charge is 0.354 e. The monoisotopic (exact) mass is 270 g/mol. The summed E-state index contributed by atoms with van der Waals surface area (Å²) in [7, 11) is 0. The number of anilines is 1. The lowest BCUT2D eigenvalue weighted by molar-refractivity contribution is 0.0690. The molecule has 0 aliphatic heterocycles. The van der Waals surface area contributed by atoms with Gasteiger partial charge in [-0.1, -0.05) is 17.7 Å². The maximum atomic E-state index is 12.2. The molecule has 0 atom stereocenters. The molecule has 0 aliphatic carbocycles. The number of nitrogens with zero attached hydrogens (tertiary/aromatic N) is 1. The maximum Gasteiger partial charge on any atom is 0.354 e. The molecule has 2 aromatic rings. The van der Waals surface area contributed by atoms with Crippen LogP contribution in [0.3, 0.4) is 0 Å². The Morgan fingerprint density at radius 2 is 1.90 bits per heavy atom. The third kappa shape index (κ3) is 3.00. The number of carbonyl (C=O) groups is 2. The van der Waals surface area contributed by atoms with E-state index in [0.717, 1.165) is 11.1 Å². The number of carbonyl (C=O) groups excluding carboxylic acids is 1. The number of hydrogen-bond donors (Lipinski definition) is 2. The molecular weight excluding hydrogens is 256 g/mol. The Labute approximate surface area is 116 Å². The van der Waals surface area contributed by atoms with Crippen molar-refractivity contribution in [2.75, 3.05) is 5.32 Å². The minimum atomic E-state index is -1.13. The molecule has 1 aromatic heterocycles. The zero-order chi connectivity index (χ0) is 14.7. The van der Waals surface area contributed by atoms with E-state index < -0.39 is 5.97 Å². The minimum Gasteiger partial charge on any atom is -0.477 e. The van der Waals surface area contributed by atoms with Gasteiger partial charge >= 0.3 is 5.97 Å². The normalized spacial score (nSPS) is 10.1. The molecule has 0 aliphatic rings. The van der Waals surface area contributed by atoms with Crippen LogP contribution in [-0.4, -0.2) is 22.0 Å². The molecule has 1 amide bonds. The minimum absolute atomic E-state index is 0.108. The van der Waals surface area contributed by atoms with Crippen LogP contribution in [0.25, 0.3) is 0 Å². The summed E-state index contributed by atoms with van der Waals surface area (Å²) in [6.45, 7) is 3.76. The van der Waals surface area contributed by atoms with E-state index in [1.807, 2.05) is 26.0 Å². The number of aryl methyl sites for hydroxylation is 2. The lowest BCUT2D eigenvalue weighted by Crippen LogP contribution is -2.14. The van der Waals surface area contributed by atoms with Crippen molar-refractivity contribution < 1.29 is 14.7 Å². The van der Waals surface area contributed by atoms with Crippen molar-refractivity contribution in [1.82, 2.24) is 4.98 Å². The van der Waals surface area contributed by atoms with E-state index in [4.69, 9.17) is 5.11 Å². The second-order valence-corrected chi connectivity index (χ2v) is 4.51. The van der Waals surface area contributed by atoms with Crippen LogP contribution in [0, 0.1) is 13.8 Å². The van der Waals surface area contributed by atoms with Gasteiger partial charge in [0.15, 0.2) is 0 Å². The molecular formula is C15H14N2O3. The fourth-order valence-electron chi connectivity index (χ4n) is 1.80. The number of aromatic nitrogens is 1. The molecule has 0 radical (unpaired) electrons. The topological polar surface area (TPSA) is 79.3 Å². The molecule has 1 heterocycles. The third-order valence-electron chi connectivity index (χ3n) is 2.87. The Kier molecular flexibility index (Phi) is 3.79. The molecule has 0 unspecified atom stereocenters. The summed E-state index contributed by atoms with van der Waals surface area (Å²) >= 11 is 0. The van der Waals surface area contributed by atoms with E-state index in [0.29, 0.717) is 11.3 Å². The summed E-state index contributed by atoms with van der Waals surface area (Å²) < 4.78 is 0. The third-order valence-corrected chi connectivity index (χ3v) is 2.87. The fourth-order valence-corrected chi connectivity index (χ4v) is 1.80. The number of aromatic carboxylic acids is 1. The quantitative estimate of drug-likeness (QED) is 0.898. The van der Waals surface area contributed by atoms with Gasteiger partial charge in [0.2, 0.25) is 0 Å². The predicted octanol–water partition coefficient (Wildman–Crippen LogP) is 2.65. The highest BCUT2D eigenvalue weighted by atomic mass is 16.4. The van der Waals surface area contributed by atoms with Gasteiger partial charge in [0.1, 0.15) is 5.69 Å². The number of carboxylic acids is 1. The lowest BCUT2D eigenvalue weighted by Gasteiger charge is -2.08. The highest BCUT2D eigenvalue weighted by molar-refractivity contribution is 6.05. The first kappa shape index (κ1) is 13.7. The van der Waals surface area contributed by atoms with Crippen molar-refractivity contribution in [3.8, 4) is 0 Å². The molecule has 2 rings (SSSR count). The summed E-state index contributed by atoms with van der Waals surface area (Å²) in [5, 5.41) is 11.5. The number of nitrogens with one attached hydrogen (secondary N) is 1. The van der Waals surface area contributed by atoms with Gasteiger partial charge in [-0.25, -0.2) is 9.78 Å². The lowest BCUT2D eigenvalue weighted by atomic mass is 10.1. The molecule has 0 bridgehead atoms. The van der Waals surface area contributed by atoms with E-state index in [-0.39, 0.29) is 11.6 Å². The predicted molar refractivity (Wildman–Crippen MR) is 75.1 cm³/mol. The number of carboxylic acid groups (broad SMARTS) is 1. The summed E-state index contributed by atoms with van der Waals surface area (Å²) in [4.78, 5) is 26.7. The Hall–Kier alpha value is -2.69. The number of amides is 1. The highest BCUT2D eigenvalue weighted by Gasteiger charge is 2.11. The second kappa shape index (κ2) is 5.52. The molecule has 5 heteroatoms. The van der Waals surface area contributed by atoms with Crippen LogP contribution in [0.15, 0.2) is 36.5 Å². The van der Waals surface area contributed by atoms with Crippen molar-refractivity contribution in [2.45, 2.75) is 13.8 Å². The molecule has 102 valence electrons. The molecule has 0 spiro atoms. The molecule has 0 saturated carbocycles. The Bertz CT molecular complexity index is 681. The van der Waals surface area contributed by atoms with Crippen molar-refractivity contribution in [3.05, 3.63) is 58.9 Å². The summed E-state index contributed by atoms with van der Waals surface area (Å²) in [5.74, 6) is -1.40. The molecule has 20 heavy (non-hydrogen) atoms. The van der Waals surface area contributed by atoms with E-state index in [9.17, 15) is 9.59 Å². The number of rotatable bonds is 3. The van der Waals surface area contributed by atoms with E-state index >= 15 is 0 Å². The molecule has 5 nitrogen and oxygen atoms in total. The Morgan fingerprint density at radius 1 is 1.15 bits per heavy atom. The van der Waals surface area contributed by atoms with Crippen LogP contribution in [0.1, 0.15) is 32.0 Å². The van der Waals surface area contributed by atoms with Crippen LogP contribution < -0.4 is 5.32 Å². The van der Waals surface area contributed by atoms with Gasteiger partial charge in [0, 0.05) is 17.4 Å². The average Bonchev–Trinajstić information content (AvgIpc) is 2.41. The Morgan fingerprint density at radius 3 is 2.60 bits per heavy atom. The summed E-state index contributed by atoms with van der Waals surface area (Å²) in [5.41, 5.74) is 2.72. The van der Waals surface area contributed by atoms with Gasteiger partial charge in [-0.2, -0.15) is 0 Å². The molecule has 0 fully saturated rings. The standard InChI is InChI=1S/C15H14N2O3/c1-9-3-4-10(2)12(7-9)14(18)17-11-5-6-16-13(8-11)15(19)20/h3-8H,1-2H3,(H,19,20)(H,16,17,18). The number of hydrogen-bond acceptors (Lipinski definition) is 3. The zero-order valence-electron chi connectivity index (χ0n) is 11.2. The van der Waals surface area contributed by atoms with Gasteiger partial charge in [0.25, 0.3) is 5.91 Å². The molecule has 1 aromatic carbocycles. The number of pyridine rings is 1. The first-order valence-electron chi connectivity index (χ1n) is 6.05.